The van der Waals surface area contributed by atoms with Crippen molar-refractivity contribution in [2.24, 2.45) is 0 Å². The molecule has 0 atom stereocenters. The highest BCUT2D eigenvalue weighted by molar-refractivity contribution is 5.89. The summed E-state index contributed by atoms with van der Waals surface area (Å²) >= 11 is 0. The fraction of sp³-hybridized carbons (Fsp3) is 0.467. The van der Waals surface area contributed by atoms with Crippen molar-refractivity contribution < 1.29 is 27.8 Å². The summed E-state index contributed by atoms with van der Waals surface area (Å²) < 4.78 is 40.4. The second-order valence-electron chi connectivity index (χ2n) is 5.47. The summed E-state index contributed by atoms with van der Waals surface area (Å²) in [7, 11) is 0. The lowest BCUT2D eigenvalue weighted by Crippen LogP contribution is -2.40. The maximum absolute atomic E-state index is 12.2. The Morgan fingerprint density at radius 1 is 1.29 bits per heavy atom. The molecule has 0 aliphatic heterocycles. The Morgan fingerprint density at radius 2 is 1.96 bits per heavy atom. The van der Waals surface area contributed by atoms with Crippen LogP contribution in [0.4, 0.5) is 23.7 Å². The van der Waals surface area contributed by atoms with E-state index in [4.69, 9.17) is 5.26 Å². The number of nitrogens with zero attached hydrogens (tertiary/aromatic N) is 1. The van der Waals surface area contributed by atoms with E-state index in [0.717, 1.165) is 12.1 Å². The van der Waals surface area contributed by atoms with Crippen molar-refractivity contribution in [1.82, 2.24) is 5.32 Å². The summed E-state index contributed by atoms with van der Waals surface area (Å²) in [6, 6.07) is 4.29. The van der Waals surface area contributed by atoms with Gasteiger partial charge in [-0.3, -0.25) is 0 Å². The highest BCUT2D eigenvalue weighted by atomic mass is 19.4. The number of ether oxygens (including phenoxy) is 1. The zero-order valence-corrected chi connectivity index (χ0v) is 12.6. The van der Waals surface area contributed by atoms with Gasteiger partial charge in [-0.05, 0) is 43.9 Å². The van der Waals surface area contributed by atoms with Crippen molar-refractivity contribution in [2.45, 2.75) is 44.2 Å². The number of hydrogen-bond donors (Lipinski definition) is 3. The van der Waals surface area contributed by atoms with Gasteiger partial charge in [-0.1, -0.05) is 0 Å². The van der Waals surface area contributed by atoms with Gasteiger partial charge in [-0.25, -0.2) is 4.79 Å². The first-order valence-corrected chi connectivity index (χ1v) is 7.32. The third-order valence-electron chi connectivity index (χ3n) is 3.62. The molecule has 0 unspecified atom stereocenters. The first-order valence-electron chi connectivity index (χ1n) is 7.32. The van der Waals surface area contributed by atoms with Crippen LogP contribution in [0.3, 0.4) is 0 Å². The van der Waals surface area contributed by atoms with E-state index >= 15 is 0 Å². The van der Waals surface area contributed by atoms with Crippen molar-refractivity contribution in [3.8, 4) is 11.8 Å². The highest BCUT2D eigenvalue weighted by Gasteiger charge is 2.32. The number of aliphatic hydroxyl groups is 1. The predicted octanol–water partition coefficient (Wildman–Crippen LogP) is 2.88. The molecule has 0 bridgehead atoms. The van der Waals surface area contributed by atoms with E-state index < -0.39 is 18.1 Å². The molecule has 2 amide bonds. The Morgan fingerprint density at radius 3 is 2.54 bits per heavy atom. The van der Waals surface area contributed by atoms with Gasteiger partial charge in [0, 0.05) is 11.7 Å². The molecule has 1 saturated carbocycles. The van der Waals surface area contributed by atoms with Crippen LogP contribution in [-0.4, -0.2) is 29.6 Å². The van der Waals surface area contributed by atoms with Crippen LogP contribution in [0.15, 0.2) is 18.2 Å². The smallest absolute Gasteiger partial charge is 0.404 e. The van der Waals surface area contributed by atoms with E-state index in [0.29, 0.717) is 25.7 Å². The van der Waals surface area contributed by atoms with Gasteiger partial charge in [0.2, 0.25) is 0 Å². The lowest BCUT2D eigenvalue weighted by atomic mass is 9.93. The van der Waals surface area contributed by atoms with Gasteiger partial charge in [0.1, 0.15) is 11.8 Å². The van der Waals surface area contributed by atoms with Crippen molar-refractivity contribution in [2.75, 3.05) is 5.32 Å². The molecule has 1 aromatic rings. The van der Waals surface area contributed by atoms with Crippen LogP contribution in [0.1, 0.15) is 31.2 Å². The second-order valence-corrected chi connectivity index (χ2v) is 5.47. The fourth-order valence-electron chi connectivity index (χ4n) is 2.48. The molecule has 0 aromatic heterocycles. The van der Waals surface area contributed by atoms with E-state index in [2.05, 4.69) is 15.4 Å². The number of aliphatic hydroxyl groups excluding tert-OH is 1. The summed E-state index contributed by atoms with van der Waals surface area (Å²) in [4.78, 5) is 11.9. The van der Waals surface area contributed by atoms with Gasteiger partial charge in [-0.2, -0.15) is 5.26 Å². The molecule has 1 aliphatic carbocycles. The van der Waals surface area contributed by atoms with Crippen molar-refractivity contribution in [3.63, 3.8) is 0 Å². The molecule has 2 rings (SSSR count). The fourth-order valence-corrected chi connectivity index (χ4v) is 2.48. The number of carbonyl (C=O) groups excluding carboxylic acids is 1. The standard InChI is InChI=1S/C15H16F3N3O3/c16-15(17,18)24-13-6-3-11(7-9(13)8-19)21-14(23)20-10-1-4-12(22)5-2-10/h3,6-7,10,12,22H,1-2,4-5H2,(H2,20,21,23). The molecule has 9 heteroatoms. The molecule has 1 fully saturated rings. The topological polar surface area (TPSA) is 94.4 Å². The zero-order chi connectivity index (χ0) is 17.7. The lowest BCUT2D eigenvalue weighted by Gasteiger charge is -2.26. The molecular weight excluding hydrogens is 327 g/mol. The number of amides is 2. The van der Waals surface area contributed by atoms with Gasteiger partial charge in [-0.15, -0.1) is 13.2 Å². The molecule has 1 aromatic carbocycles. The minimum Gasteiger partial charge on any atom is -0.404 e. The third kappa shape index (κ3) is 5.31. The van der Waals surface area contributed by atoms with E-state index in [1.165, 1.54) is 6.07 Å². The van der Waals surface area contributed by atoms with Gasteiger partial charge in [0.15, 0.2) is 0 Å². The number of hydrogen-bond acceptors (Lipinski definition) is 4. The molecule has 6 nitrogen and oxygen atoms in total. The number of anilines is 1. The largest absolute Gasteiger partial charge is 0.573 e. The maximum Gasteiger partial charge on any atom is 0.573 e. The molecule has 0 saturated heterocycles. The molecule has 130 valence electrons. The quantitative estimate of drug-likeness (QED) is 0.786. The highest BCUT2D eigenvalue weighted by Crippen LogP contribution is 2.28. The Bertz CT molecular complexity index is 635. The minimum absolute atomic E-state index is 0.0725. The molecule has 0 spiro atoms. The molecule has 3 N–H and O–H groups in total. The lowest BCUT2D eigenvalue weighted by molar-refractivity contribution is -0.274. The Labute approximate surface area is 136 Å². The molecule has 0 heterocycles. The third-order valence-corrected chi connectivity index (χ3v) is 3.62. The van der Waals surface area contributed by atoms with Gasteiger partial charge >= 0.3 is 12.4 Å². The van der Waals surface area contributed by atoms with Crippen LogP contribution in [0, 0.1) is 11.3 Å². The average molecular weight is 343 g/mol. The monoisotopic (exact) mass is 343 g/mol. The Hall–Kier alpha value is -2.47. The van der Waals surface area contributed by atoms with Crippen molar-refractivity contribution in [1.29, 1.82) is 5.26 Å². The van der Waals surface area contributed by atoms with Crippen molar-refractivity contribution >= 4 is 11.7 Å². The molecule has 1 aliphatic rings. The Balaban J connectivity index is 1.97. The number of benzene rings is 1. The van der Waals surface area contributed by atoms with E-state index in [9.17, 15) is 23.1 Å². The SMILES string of the molecule is N#Cc1cc(NC(=O)NC2CCC(O)CC2)ccc1OC(F)(F)F. The first-order chi connectivity index (χ1) is 11.3. The minimum atomic E-state index is -4.90. The zero-order valence-electron chi connectivity index (χ0n) is 12.6. The summed E-state index contributed by atoms with van der Waals surface area (Å²) in [5, 5.41) is 23.5. The van der Waals surface area contributed by atoms with E-state index in [-0.39, 0.29) is 23.4 Å². The van der Waals surface area contributed by atoms with Crippen LogP contribution in [-0.2, 0) is 0 Å². The number of urea groups is 1. The summed E-state index contributed by atoms with van der Waals surface area (Å²) in [5.74, 6) is -0.628. The number of nitriles is 1. The average Bonchev–Trinajstić information content (AvgIpc) is 2.49. The predicted molar refractivity (Wildman–Crippen MR) is 78.3 cm³/mol. The van der Waals surface area contributed by atoms with Gasteiger partial charge < -0.3 is 20.5 Å². The van der Waals surface area contributed by atoms with Crippen LogP contribution in [0.5, 0.6) is 5.75 Å². The summed E-state index contributed by atoms with van der Waals surface area (Å²) in [5.41, 5.74) is -0.166. The summed E-state index contributed by atoms with van der Waals surface area (Å²) in [6.07, 6.45) is -2.73. The van der Waals surface area contributed by atoms with E-state index in [1.807, 2.05) is 0 Å². The summed E-state index contributed by atoms with van der Waals surface area (Å²) in [6.45, 7) is 0. The number of carbonyl (C=O) groups is 1. The Kier molecular flexibility index (Phi) is 5.51. The maximum atomic E-state index is 12.2. The second kappa shape index (κ2) is 7.40. The van der Waals surface area contributed by atoms with Crippen LogP contribution in [0.25, 0.3) is 0 Å². The normalized spacial score (nSPS) is 20.8. The van der Waals surface area contributed by atoms with Crippen molar-refractivity contribution in [3.05, 3.63) is 23.8 Å². The van der Waals surface area contributed by atoms with Gasteiger partial charge in [0.25, 0.3) is 0 Å². The molecule has 24 heavy (non-hydrogen) atoms. The number of alkyl halides is 3. The van der Waals surface area contributed by atoms with E-state index in [1.54, 1.807) is 6.07 Å². The first kappa shape index (κ1) is 17.9. The van der Waals surface area contributed by atoms with Gasteiger partial charge in [0.05, 0.1) is 11.7 Å². The number of nitrogens with one attached hydrogen (secondary N) is 2. The number of halogens is 3. The molecular formula is C15H16F3N3O3. The number of rotatable bonds is 3. The van der Waals surface area contributed by atoms with Crippen LogP contribution >= 0.6 is 0 Å². The van der Waals surface area contributed by atoms with Crippen LogP contribution < -0.4 is 15.4 Å². The van der Waals surface area contributed by atoms with Crippen LogP contribution in [0.2, 0.25) is 0 Å². The molecule has 0 radical (unpaired) electrons.